The lowest BCUT2D eigenvalue weighted by Crippen LogP contribution is -2.17. The predicted molar refractivity (Wildman–Crippen MR) is 69.3 cm³/mol. The third-order valence-electron chi connectivity index (χ3n) is 2.33. The van der Waals surface area contributed by atoms with Crippen molar-refractivity contribution in [2.24, 2.45) is 5.84 Å². The van der Waals surface area contributed by atoms with Crippen molar-refractivity contribution < 1.29 is 12.8 Å². The van der Waals surface area contributed by atoms with Crippen LogP contribution in [0.3, 0.4) is 0 Å². The van der Waals surface area contributed by atoms with Crippen LogP contribution >= 0.6 is 0 Å². The second kappa shape index (κ2) is 5.21. The predicted octanol–water partition coefficient (Wildman–Crippen LogP) is 1.31. The van der Waals surface area contributed by atoms with Crippen LogP contribution in [0, 0.1) is 5.82 Å². The summed E-state index contributed by atoms with van der Waals surface area (Å²) >= 11 is 0. The van der Waals surface area contributed by atoms with Gasteiger partial charge in [0.05, 0.1) is 5.69 Å². The van der Waals surface area contributed by atoms with Gasteiger partial charge in [-0.1, -0.05) is 0 Å². The first kappa shape index (κ1) is 13.2. The van der Waals surface area contributed by atoms with Gasteiger partial charge in [0.25, 0.3) is 10.0 Å². The number of pyridine rings is 1. The first-order valence-electron chi connectivity index (χ1n) is 5.22. The molecule has 0 saturated carbocycles. The van der Waals surface area contributed by atoms with E-state index in [1.807, 2.05) is 0 Å². The van der Waals surface area contributed by atoms with Crippen molar-refractivity contribution in [1.82, 2.24) is 4.98 Å². The minimum absolute atomic E-state index is 0.0955. The number of sulfonamides is 1. The molecule has 2 aromatic rings. The zero-order valence-corrected chi connectivity index (χ0v) is 10.5. The molecule has 2 rings (SSSR count). The molecule has 6 nitrogen and oxygen atoms in total. The number of rotatable bonds is 4. The van der Waals surface area contributed by atoms with E-state index in [-0.39, 0.29) is 16.3 Å². The maximum absolute atomic E-state index is 12.7. The number of halogens is 1. The Balaban J connectivity index is 2.35. The van der Waals surface area contributed by atoms with Gasteiger partial charge in [-0.3, -0.25) is 15.5 Å². The summed E-state index contributed by atoms with van der Waals surface area (Å²) in [6.45, 7) is 0. The Bertz CT molecular complexity index is 673. The van der Waals surface area contributed by atoms with Gasteiger partial charge < -0.3 is 5.43 Å². The molecule has 0 unspecified atom stereocenters. The Kier molecular flexibility index (Phi) is 3.63. The minimum Gasteiger partial charge on any atom is -0.323 e. The first-order chi connectivity index (χ1) is 9.03. The Labute approximate surface area is 109 Å². The van der Waals surface area contributed by atoms with Gasteiger partial charge in [0.15, 0.2) is 0 Å². The molecule has 0 radical (unpaired) electrons. The van der Waals surface area contributed by atoms with Gasteiger partial charge in [0.2, 0.25) is 0 Å². The van der Waals surface area contributed by atoms with Crippen molar-refractivity contribution in [3.8, 4) is 0 Å². The topological polar surface area (TPSA) is 97.1 Å². The molecule has 0 aliphatic carbocycles. The summed E-state index contributed by atoms with van der Waals surface area (Å²) in [6, 6.07) is 6.38. The fourth-order valence-corrected chi connectivity index (χ4v) is 2.61. The van der Waals surface area contributed by atoms with Crippen LogP contribution in [0.2, 0.25) is 0 Å². The number of aromatic nitrogens is 1. The third-order valence-corrected chi connectivity index (χ3v) is 3.73. The van der Waals surface area contributed by atoms with E-state index in [1.54, 1.807) is 0 Å². The number of nitrogens with zero attached hydrogens (tertiary/aromatic N) is 1. The smallest absolute Gasteiger partial charge is 0.265 e. The summed E-state index contributed by atoms with van der Waals surface area (Å²) < 4.78 is 39.3. The quantitative estimate of drug-likeness (QED) is 0.580. The SMILES string of the molecule is NNc1ccncc1S(=O)(=O)Nc1ccc(F)cc1. The standard InChI is InChI=1S/C11H11FN4O2S/c12-8-1-3-9(4-2-8)16-19(17,18)11-7-14-6-5-10(11)15-13/h1-7,16H,13H2,(H,14,15). The summed E-state index contributed by atoms with van der Waals surface area (Å²) in [6.07, 6.45) is 2.58. The molecule has 4 N–H and O–H groups in total. The highest BCUT2D eigenvalue weighted by molar-refractivity contribution is 7.92. The largest absolute Gasteiger partial charge is 0.323 e. The number of nitrogen functional groups attached to an aromatic ring is 1. The summed E-state index contributed by atoms with van der Waals surface area (Å²) in [7, 11) is -3.85. The van der Waals surface area contributed by atoms with E-state index in [2.05, 4.69) is 15.1 Å². The lowest BCUT2D eigenvalue weighted by Gasteiger charge is -2.11. The maximum atomic E-state index is 12.7. The highest BCUT2D eigenvalue weighted by Crippen LogP contribution is 2.21. The van der Waals surface area contributed by atoms with Gasteiger partial charge in [0, 0.05) is 18.1 Å². The highest BCUT2D eigenvalue weighted by Gasteiger charge is 2.18. The summed E-state index contributed by atoms with van der Waals surface area (Å²) in [5.74, 6) is 4.79. The zero-order valence-electron chi connectivity index (χ0n) is 9.67. The number of nitrogens with one attached hydrogen (secondary N) is 2. The molecule has 0 fully saturated rings. The molecule has 0 aliphatic rings. The molecular weight excluding hydrogens is 271 g/mol. The van der Waals surface area contributed by atoms with Crippen LogP contribution in [-0.4, -0.2) is 13.4 Å². The number of nitrogens with two attached hydrogens (primary N) is 1. The van der Waals surface area contributed by atoms with Crippen molar-refractivity contribution in [3.63, 3.8) is 0 Å². The van der Waals surface area contributed by atoms with Crippen molar-refractivity contribution in [1.29, 1.82) is 0 Å². The Morgan fingerprint density at radius 1 is 1.16 bits per heavy atom. The summed E-state index contributed by atoms with van der Waals surface area (Å²) in [4.78, 5) is 3.65. The van der Waals surface area contributed by atoms with Gasteiger partial charge in [-0.2, -0.15) is 0 Å². The molecule has 1 aromatic heterocycles. The van der Waals surface area contributed by atoms with Crippen LogP contribution < -0.4 is 16.0 Å². The van der Waals surface area contributed by atoms with E-state index in [0.717, 1.165) is 12.1 Å². The fraction of sp³-hybridized carbons (Fsp3) is 0. The maximum Gasteiger partial charge on any atom is 0.265 e. The van der Waals surface area contributed by atoms with E-state index in [1.165, 1.54) is 30.6 Å². The lowest BCUT2D eigenvalue weighted by atomic mass is 10.3. The number of benzene rings is 1. The molecular formula is C11H11FN4O2S. The lowest BCUT2D eigenvalue weighted by molar-refractivity contribution is 0.601. The number of hydrogen-bond acceptors (Lipinski definition) is 5. The molecule has 0 saturated heterocycles. The van der Waals surface area contributed by atoms with Crippen LogP contribution in [0.4, 0.5) is 15.8 Å². The van der Waals surface area contributed by atoms with Crippen LogP contribution in [0.1, 0.15) is 0 Å². The first-order valence-corrected chi connectivity index (χ1v) is 6.70. The van der Waals surface area contributed by atoms with Crippen LogP contribution in [-0.2, 0) is 10.0 Å². The van der Waals surface area contributed by atoms with E-state index in [4.69, 9.17) is 5.84 Å². The van der Waals surface area contributed by atoms with E-state index in [0.29, 0.717) is 0 Å². The zero-order chi connectivity index (χ0) is 13.9. The normalized spacial score (nSPS) is 11.1. The second-order valence-electron chi connectivity index (χ2n) is 3.63. The number of hydrogen-bond donors (Lipinski definition) is 3. The molecule has 0 bridgehead atoms. The van der Waals surface area contributed by atoms with E-state index in [9.17, 15) is 12.8 Å². The van der Waals surface area contributed by atoms with Crippen molar-refractivity contribution >= 4 is 21.4 Å². The van der Waals surface area contributed by atoms with Gasteiger partial charge in [-0.05, 0) is 30.3 Å². The molecule has 1 aromatic carbocycles. The summed E-state index contributed by atoms with van der Waals surface area (Å²) in [5.41, 5.74) is 2.73. The molecule has 100 valence electrons. The molecule has 19 heavy (non-hydrogen) atoms. The summed E-state index contributed by atoms with van der Waals surface area (Å²) in [5, 5.41) is 0. The number of hydrazine groups is 1. The molecule has 1 heterocycles. The second-order valence-corrected chi connectivity index (χ2v) is 5.28. The molecule has 8 heteroatoms. The van der Waals surface area contributed by atoms with Gasteiger partial charge >= 0.3 is 0 Å². The van der Waals surface area contributed by atoms with Crippen LogP contribution in [0.5, 0.6) is 0 Å². The third kappa shape index (κ3) is 2.98. The van der Waals surface area contributed by atoms with Gasteiger partial charge in [-0.15, -0.1) is 0 Å². The average Bonchev–Trinajstić information content (AvgIpc) is 2.41. The Morgan fingerprint density at radius 2 is 1.84 bits per heavy atom. The van der Waals surface area contributed by atoms with Crippen LogP contribution in [0.25, 0.3) is 0 Å². The van der Waals surface area contributed by atoms with Gasteiger partial charge in [-0.25, -0.2) is 12.8 Å². The van der Waals surface area contributed by atoms with Crippen molar-refractivity contribution in [3.05, 3.63) is 48.5 Å². The molecule has 0 aliphatic heterocycles. The van der Waals surface area contributed by atoms with E-state index >= 15 is 0 Å². The number of anilines is 2. The molecule has 0 amide bonds. The van der Waals surface area contributed by atoms with Gasteiger partial charge in [0.1, 0.15) is 10.7 Å². The van der Waals surface area contributed by atoms with Crippen molar-refractivity contribution in [2.45, 2.75) is 4.90 Å². The monoisotopic (exact) mass is 282 g/mol. The average molecular weight is 282 g/mol. The minimum atomic E-state index is -3.85. The Morgan fingerprint density at radius 3 is 2.47 bits per heavy atom. The molecule has 0 atom stereocenters. The van der Waals surface area contributed by atoms with Crippen LogP contribution in [0.15, 0.2) is 47.6 Å². The Hall–Kier alpha value is -2.19. The highest BCUT2D eigenvalue weighted by atomic mass is 32.2. The molecule has 0 spiro atoms. The fourth-order valence-electron chi connectivity index (χ4n) is 1.44. The van der Waals surface area contributed by atoms with E-state index < -0.39 is 15.8 Å². The van der Waals surface area contributed by atoms with Crippen molar-refractivity contribution in [2.75, 3.05) is 10.1 Å².